The van der Waals surface area contributed by atoms with Gasteiger partial charge in [0.15, 0.2) is 0 Å². The minimum Gasteiger partial charge on any atom is -0.385 e. The van der Waals surface area contributed by atoms with E-state index in [0.717, 1.165) is 18.7 Å². The molecule has 0 aliphatic rings. The Hall–Kier alpha value is -1.22. The van der Waals surface area contributed by atoms with Gasteiger partial charge in [-0.05, 0) is 35.9 Å². The lowest BCUT2D eigenvalue weighted by Gasteiger charge is -2.18. The normalized spacial score (nSPS) is 12.2. The molecule has 0 aliphatic heterocycles. The quantitative estimate of drug-likeness (QED) is 0.643. The van der Waals surface area contributed by atoms with Crippen molar-refractivity contribution in [2.45, 2.75) is 31.2 Å². The second kappa shape index (κ2) is 8.05. The molecule has 0 aromatic carbocycles. The van der Waals surface area contributed by atoms with Gasteiger partial charge in [-0.1, -0.05) is 0 Å². The molecule has 0 unspecified atom stereocenters. The molecule has 2 heterocycles. The maximum absolute atomic E-state index is 11.9. The molecule has 128 valence electrons. The summed E-state index contributed by atoms with van der Waals surface area (Å²) in [5, 5.41) is 4.31. The van der Waals surface area contributed by atoms with Gasteiger partial charge in [0.05, 0.1) is 11.9 Å². The number of rotatable bonds is 9. The molecule has 0 amide bonds. The van der Waals surface area contributed by atoms with Crippen molar-refractivity contribution in [3.8, 4) is 0 Å². The van der Waals surface area contributed by atoms with Crippen LogP contribution < -0.4 is 0 Å². The molecule has 0 atom stereocenters. The molecule has 0 radical (unpaired) electrons. The van der Waals surface area contributed by atoms with Crippen molar-refractivity contribution in [1.29, 1.82) is 0 Å². The van der Waals surface area contributed by atoms with Crippen LogP contribution in [0.15, 0.2) is 28.2 Å². The second-order valence-corrected chi connectivity index (χ2v) is 8.30. The van der Waals surface area contributed by atoms with E-state index in [1.807, 2.05) is 7.05 Å². The van der Waals surface area contributed by atoms with E-state index in [0.29, 0.717) is 19.7 Å². The highest BCUT2D eigenvalue weighted by atomic mass is 32.2. The van der Waals surface area contributed by atoms with Gasteiger partial charge in [0.2, 0.25) is 15.0 Å². The van der Waals surface area contributed by atoms with Crippen molar-refractivity contribution >= 4 is 21.2 Å². The molecule has 2 rings (SSSR count). The summed E-state index contributed by atoms with van der Waals surface area (Å²) in [4.78, 5) is 6.28. The monoisotopic (exact) mass is 357 g/mol. The number of hydrogen-bond donors (Lipinski definition) is 0. The van der Waals surface area contributed by atoms with E-state index in [1.54, 1.807) is 29.2 Å². The van der Waals surface area contributed by atoms with E-state index in [-0.39, 0.29) is 5.16 Å². The van der Waals surface area contributed by atoms with Gasteiger partial charge in [-0.2, -0.15) is 11.3 Å². The van der Waals surface area contributed by atoms with E-state index in [4.69, 9.17) is 4.74 Å². The molecule has 0 spiro atoms. The maximum atomic E-state index is 11.9. The van der Waals surface area contributed by atoms with Crippen molar-refractivity contribution in [2.24, 2.45) is 0 Å². The summed E-state index contributed by atoms with van der Waals surface area (Å²) in [7, 11) is 0.317. The largest absolute Gasteiger partial charge is 0.385 e. The zero-order valence-electron chi connectivity index (χ0n) is 13.7. The van der Waals surface area contributed by atoms with Crippen LogP contribution in [0.25, 0.3) is 0 Å². The number of aromatic nitrogens is 2. The summed E-state index contributed by atoms with van der Waals surface area (Å²) in [6.45, 7) is 2.63. The number of sulfone groups is 1. The standard InChI is InChI=1S/C15H23N3O3S2/c1-17(10-13-5-8-22-12-13)11-14-9-16-15(23(3,19)20)18(14)6-4-7-21-2/h5,8-9,12H,4,6-7,10-11H2,1-3H3. The Morgan fingerprint density at radius 3 is 2.78 bits per heavy atom. The van der Waals surface area contributed by atoms with Crippen LogP contribution in [0.3, 0.4) is 0 Å². The summed E-state index contributed by atoms with van der Waals surface area (Å²) in [5.41, 5.74) is 2.16. The van der Waals surface area contributed by atoms with E-state index < -0.39 is 9.84 Å². The topological polar surface area (TPSA) is 64.4 Å². The number of methoxy groups -OCH3 is 1. The Morgan fingerprint density at radius 2 is 2.17 bits per heavy atom. The Bertz CT molecular complexity index is 708. The van der Waals surface area contributed by atoms with E-state index in [2.05, 4.69) is 26.7 Å². The molecule has 0 saturated heterocycles. The third-order valence-electron chi connectivity index (χ3n) is 3.43. The Balaban J connectivity index is 2.14. The van der Waals surface area contributed by atoms with Crippen LogP contribution in [-0.2, 0) is 34.2 Å². The molecule has 0 aliphatic carbocycles. The third-order valence-corrected chi connectivity index (χ3v) is 5.15. The fraction of sp³-hybridized carbons (Fsp3) is 0.533. The molecule has 0 bridgehead atoms. The fourth-order valence-corrected chi connectivity index (χ4v) is 3.96. The Morgan fingerprint density at radius 1 is 1.39 bits per heavy atom. The summed E-state index contributed by atoms with van der Waals surface area (Å²) in [6.07, 6.45) is 3.60. The van der Waals surface area contributed by atoms with E-state index in [9.17, 15) is 8.42 Å². The molecule has 6 nitrogen and oxygen atoms in total. The van der Waals surface area contributed by atoms with Crippen molar-refractivity contribution in [2.75, 3.05) is 27.0 Å². The predicted octanol–water partition coefficient (Wildman–Crippen LogP) is 2.02. The fourth-order valence-electron chi connectivity index (χ4n) is 2.45. The molecule has 0 N–H and O–H groups in total. The zero-order valence-corrected chi connectivity index (χ0v) is 15.4. The molecule has 2 aromatic rings. The first-order chi connectivity index (χ1) is 10.9. The predicted molar refractivity (Wildman–Crippen MR) is 91.3 cm³/mol. The Labute approximate surface area is 141 Å². The van der Waals surface area contributed by atoms with Crippen LogP contribution in [-0.4, -0.2) is 49.9 Å². The van der Waals surface area contributed by atoms with Gasteiger partial charge < -0.3 is 9.30 Å². The van der Waals surface area contributed by atoms with Gasteiger partial charge >= 0.3 is 0 Å². The first-order valence-electron chi connectivity index (χ1n) is 7.35. The van der Waals surface area contributed by atoms with Crippen molar-refractivity contribution in [1.82, 2.24) is 14.5 Å². The average Bonchev–Trinajstić information content (AvgIpc) is 3.09. The van der Waals surface area contributed by atoms with Gasteiger partial charge in [-0.15, -0.1) is 0 Å². The van der Waals surface area contributed by atoms with Crippen LogP contribution in [0.5, 0.6) is 0 Å². The number of thiophene rings is 1. The number of hydrogen-bond acceptors (Lipinski definition) is 6. The number of imidazole rings is 1. The molecule has 2 aromatic heterocycles. The molecule has 8 heteroatoms. The summed E-state index contributed by atoms with van der Waals surface area (Å²) >= 11 is 1.67. The van der Waals surface area contributed by atoms with Gasteiger partial charge in [-0.3, -0.25) is 4.90 Å². The van der Waals surface area contributed by atoms with Gasteiger partial charge in [-0.25, -0.2) is 13.4 Å². The van der Waals surface area contributed by atoms with Gasteiger partial charge in [0.25, 0.3) is 0 Å². The molecule has 0 fully saturated rings. The molecular weight excluding hydrogens is 334 g/mol. The van der Waals surface area contributed by atoms with Gasteiger partial charge in [0.1, 0.15) is 0 Å². The molecule has 23 heavy (non-hydrogen) atoms. The van der Waals surface area contributed by atoms with Crippen LogP contribution in [0.4, 0.5) is 0 Å². The van der Waals surface area contributed by atoms with Gasteiger partial charge in [0, 0.05) is 39.6 Å². The highest BCUT2D eigenvalue weighted by Gasteiger charge is 2.19. The van der Waals surface area contributed by atoms with Crippen LogP contribution >= 0.6 is 11.3 Å². The second-order valence-electron chi connectivity index (χ2n) is 5.61. The number of nitrogens with zero attached hydrogens (tertiary/aromatic N) is 3. The third kappa shape index (κ3) is 5.13. The molecular formula is C15H23N3O3S2. The van der Waals surface area contributed by atoms with Crippen molar-refractivity contribution < 1.29 is 13.2 Å². The lowest BCUT2D eigenvalue weighted by atomic mass is 10.3. The average molecular weight is 358 g/mol. The first kappa shape index (κ1) is 18.1. The highest BCUT2D eigenvalue weighted by Crippen LogP contribution is 2.16. The smallest absolute Gasteiger partial charge is 0.227 e. The van der Waals surface area contributed by atoms with E-state index >= 15 is 0 Å². The zero-order chi connectivity index (χ0) is 16.9. The lowest BCUT2D eigenvalue weighted by Crippen LogP contribution is -2.21. The van der Waals surface area contributed by atoms with E-state index in [1.165, 1.54) is 11.8 Å². The van der Waals surface area contributed by atoms with Crippen LogP contribution in [0.2, 0.25) is 0 Å². The summed E-state index contributed by atoms with van der Waals surface area (Å²) in [5.74, 6) is 0. The maximum Gasteiger partial charge on any atom is 0.227 e. The van der Waals surface area contributed by atoms with Crippen molar-refractivity contribution in [3.63, 3.8) is 0 Å². The van der Waals surface area contributed by atoms with Crippen LogP contribution in [0, 0.1) is 0 Å². The number of ether oxygens (including phenoxy) is 1. The summed E-state index contributed by atoms with van der Waals surface area (Å²) < 4.78 is 30.7. The first-order valence-corrected chi connectivity index (χ1v) is 10.2. The molecule has 0 saturated carbocycles. The minimum absolute atomic E-state index is 0.132. The SMILES string of the molecule is COCCCn1c(CN(C)Cc2ccsc2)cnc1S(C)(=O)=O. The van der Waals surface area contributed by atoms with Crippen LogP contribution in [0.1, 0.15) is 17.7 Å². The Kier molecular flexibility index (Phi) is 6.34. The highest BCUT2D eigenvalue weighted by molar-refractivity contribution is 7.90. The van der Waals surface area contributed by atoms with Crippen molar-refractivity contribution in [3.05, 3.63) is 34.3 Å². The minimum atomic E-state index is -3.34. The summed E-state index contributed by atoms with van der Waals surface area (Å²) in [6, 6.07) is 2.10. The lowest BCUT2D eigenvalue weighted by molar-refractivity contribution is 0.188.